The normalized spacial score (nSPS) is 18.2. The Morgan fingerprint density at radius 3 is 3.00 bits per heavy atom. The maximum absolute atomic E-state index is 5.77. The summed E-state index contributed by atoms with van der Waals surface area (Å²) in [6, 6.07) is 6.48. The Bertz CT molecular complexity index is 838. The topological polar surface area (TPSA) is 82.9 Å². The van der Waals surface area contributed by atoms with Gasteiger partial charge in [-0.25, -0.2) is 4.98 Å². The number of likely N-dealkylation sites (N-methyl/N-ethyl adjacent to an activating group) is 1. The third-order valence-electron chi connectivity index (χ3n) is 4.78. The van der Waals surface area contributed by atoms with E-state index in [1.807, 2.05) is 31.6 Å². The van der Waals surface area contributed by atoms with Crippen molar-refractivity contribution in [2.24, 2.45) is 0 Å². The largest absolute Gasteiger partial charge is 0.397 e. The minimum atomic E-state index is 0.527. The summed E-state index contributed by atoms with van der Waals surface area (Å²) in [6.45, 7) is 2.08. The number of nitrogens with two attached hydrogens (primary N) is 1. The molecule has 1 aliphatic heterocycles. The van der Waals surface area contributed by atoms with Gasteiger partial charge in [0.2, 0.25) is 0 Å². The Balaban J connectivity index is 1.81. The molecule has 4 N–H and O–H groups in total. The molecule has 4 heterocycles. The van der Waals surface area contributed by atoms with Crippen LogP contribution in [0.1, 0.15) is 12.8 Å². The molecule has 0 radical (unpaired) electrons. The molecule has 1 atom stereocenters. The van der Waals surface area contributed by atoms with E-state index < -0.39 is 0 Å². The molecular weight excluding hydrogens is 300 g/mol. The van der Waals surface area contributed by atoms with E-state index >= 15 is 0 Å². The molecule has 6 heteroatoms. The number of nitrogen functional groups attached to an aromatic ring is 1. The summed E-state index contributed by atoms with van der Waals surface area (Å²) in [5.41, 5.74) is 10.5. The number of pyridine rings is 2. The standard InChI is InChI=1S/C18H22N6/c1-20-13-3-2-8-24(11-13)16-6-7-21-18-17(16)14(10-23-18)15-5-4-12(19)9-22-15/h4-7,9-10,13,20H,2-3,8,11,19H2,1H3,(H,21,23)/t13-/m1/s1. The summed E-state index contributed by atoms with van der Waals surface area (Å²) < 4.78 is 0. The average Bonchev–Trinajstić information content (AvgIpc) is 3.06. The van der Waals surface area contributed by atoms with Crippen molar-refractivity contribution in [2.45, 2.75) is 18.9 Å². The second kappa shape index (κ2) is 6.13. The minimum Gasteiger partial charge on any atom is -0.397 e. The van der Waals surface area contributed by atoms with Gasteiger partial charge in [-0.15, -0.1) is 0 Å². The molecule has 0 amide bonds. The van der Waals surface area contributed by atoms with Crippen molar-refractivity contribution in [1.29, 1.82) is 0 Å². The Kier molecular flexibility index (Phi) is 3.82. The van der Waals surface area contributed by atoms with Gasteiger partial charge in [0.15, 0.2) is 0 Å². The highest BCUT2D eigenvalue weighted by molar-refractivity contribution is 6.02. The van der Waals surface area contributed by atoms with E-state index in [-0.39, 0.29) is 0 Å². The molecule has 0 aromatic carbocycles. The van der Waals surface area contributed by atoms with Crippen LogP contribution < -0.4 is 16.0 Å². The number of aromatic amines is 1. The molecule has 0 aliphatic carbocycles. The number of aromatic nitrogens is 3. The van der Waals surface area contributed by atoms with Crippen LogP contribution in [0.2, 0.25) is 0 Å². The first kappa shape index (κ1) is 15.0. The van der Waals surface area contributed by atoms with E-state index in [0.29, 0.717) is 11.7 Å². The van der Waals surface area contributed by atoms with Gasteiger partial charge >= 0.3 is 0 Å². The smallest absolute Gasteiger partial charge is 0.140 e. The van der Waals surface area contributed by atoms with Crippen LogP contribution in [0.25, 0.3) is 22.3 Å². The van der Waals surface area contributed by atoms with E-state index in [4.69, 9.17) is 5.73 Å². The molecule has 1 fully saturated rings. The average molecular weight is 322 g/mol. The van der Waals surface area contributed by atoms with Crippen molar-refractivity contribution < 1.29 is 0 Å². The van der Waals surface area contributed by atoms with Crippen LogP contribution in [-0.4, -0.2) is 41.1 Å². The van der Waals surface area contributed by atoms with Gasteiger partial charge in [0, 0.05) is 37.1 Å². The van der Waals surface area contributed by atoms with Crippen molar-refractivity contribution >= 4 is 22.4 Å². The lowest BCUT2D eigenvalue weighted by molar-refractivity contribution is 0.450. The monoisotopic (exact) mass is 322 g/mol. The Labute approximate surface area is 141 Å². The fourth-order valence-electron chi connectivity index (χ4n) is 3.50. The van der Waals surface area contributed by atoms with Gasteiger partial charge in [0.1, 0.15) is 5.65 Å². The lowest BCUT2D eigenvalue weighted by atomic mass is 10.0. The highest BCUT2D eigenvalue weighted by atomic mass is 15.2. The summed E-state index contributed by atoms with van der Waals surface area (Å²) in [6.07, 6.45) is 7.97. The molecule has 124 valence electrons. The SMILES string of the molecule is CN[C@@H]1CCCN(c2ccnc3[nH]cc(-c4ccc(N)cn4)c23)C1. The molecule has 0 bridgehead atoms. The molecular formula is C18H22N6. The third kappa shape index (κ3) is 2.59. The van der Waals surface area contributed by atoms with Gasteiger partial charge in [-0.3, -0.25) is 4.98 Å². The zero-order valence-corrected chi connectivity index (χ0v) is 13.8. The summed E-state index contributed by atoms with van der Waals surface area (Å²) in [5, 5.41) is 4.54. The van der Waals surface area contributed by atoms with Gasteiger partial charge in [-0.05, 0) is 38.1 Å². The zero-order chi connectivity index (χ0) is 16.5. The first-order valence-corrected chi connectivity index (χ1v) is 8.36. The van der Waals surface area contributed by atoms with Crippen molar-refractivity contribution in [3.05, 3.63) is 36.8 Å². The van der Waals surface area contributed by atoms with Gasteiger partial charge in [-0.2, -0.15) is 0 Å². The van der Waals surface area contributed by atoms with E-state index in [9.17, 15) is 0 Å². The number of rotatable bonds is 3. The van der Waals surface area contributed by atoms with Gasteiger partial charge in [-0.1, -0.05) is 0 Å². The first-order valence-electron chi connectivity index (χ1n) is 8.36. The molecule has 4 rings (SSSR count). The minimum absolute atomic E-state index is 0.527. The maximum atomic E-state index is 5.77. The number of nitrogens with zero attached hydrogens (tertiary/aromatic N) is 3. The number of hydrogen-bond acceptors (Lipinski definition) is 5. The molecule has 3 aromatic rings. The van der Waals surface area contributed by atoms with Gasteiger partial charge < -0.3 is 20.9 Å². The highest BCUT2D eigenvalue weighted by Crippen LogP contribution is 2.35. The predicted octanol–water partition coefficient (Wildman–Crippen LogP) is 2.40. The highest BCUT2D eigenvalue weighted by Gasteiger charge is 2.22. The molecule has 1 saturated heterocycles. The van der Waals surface area contributed by atoms with E-state index in [1.54, 1.807) is 6.20 Å². The van der Waals surface area contributed by atoms with Gasteiger partial charge in [0.25, 0.3) is 0 Å². The zero-order valence-electron chi connectivity index (χ0n) is 13.8. The van der Waals surface area contributed by atoms with Gasteiger partial charge in [0.05, 0.1) is 28.7 Å². The number of anilines is 2. The van der Waals surface area contributed by atoms with Crippen molar-refractivity contribution in [2.75, 3.05) is 30.8 Å². The molecule has 1 aliphatic rings. The maximum Gasteiger partial charge on any atom is 0.140 e. The van der Waals surface area contributed by atoms with Crippen molar-refractivity contribution in [3.63, 3.8) is 0 Å². The van der Waals surface area contributed by atoms with Crippen LogP contribution in [0.5, 0.6) is 0 Å². The van der Waals surface area contributed by atoms with Crippen LogP contribution >= 0.6 is 0 Å². The lowest BCUT2D eigenvalue weighted by Gasteiger charge is -2.34. The second-order valence-electron chi connectivity index (χ2n) is 6.31. The number of nitrogens with one attached hydrogen (secondary N) is 2. The molecule has 6 nitrogen and oxygen atoms in total. The first-order chi connectivity index (χ1) is 11.8. The Morgan fingerprint density at radius 2 is 2.21 bits per heavy atom. The number of H-pyrrole nitrogens is 1. The summed E-state index contributed by atoms with van der Waals surface area (Å²) in [4.78, 5) is 14.7. The number of hydrogen-bond donors (Lipinski definition) is 3. The molecule has 0 spiro atoms. The van der Waals surface area contributed by atoms with E-state index in [0.717, 1.165) is 35.4 Å². The quantitative estimate of drug-likeness (QED) is 0.690. The van der Waals surface area contributed by atoms with Crippen molar-refractivity contribution in [3.8, 4) is 11.3 Å². The number of fused-ring (bicyclic) bond motifs is 1. The predicted molar refractivity (Wildman–Crippen MR) is 98.0 cm³/mol. The van der Waals surface area contributed by atoms with Crippen LogP contribution in [0, 0.1) is 0 Å². The molecule has 24 heavy (non-hydrogen) atoms. The lowest BCUT2D eigenvalue weighted by Crippen LogP contribution is -2.44. The fraction of sp³-hybridized carbons (Fsp3) is 0.333. The third-order valence-corrected chi connectivity index (χ3v) is 4.78. The Morgan fingerprint density at radius 1 is 1.29 bits per heavy atom. The van der Waals surface area contributed by atoms with Crippen LogP contribution in [0.15, 0.2) is 36.8 Å². The number of piperidine rings is 1. The Hall–Kier alpha value is -2.60. The summed E-state index contributed by atoms with van der Waals surface area (Å²) >= 11 is 0. The van der Waals surface area contributed by atoms with E-state index in [2.05, 4.69) is 31.2 Å². The van der Waals surface area contributed by atoms with Crippen LogP contribution in [0.3, 0.4) is 0 Å². The molecule has 3 aromatic heterocycles. The van der Waals surface area contributed by atoms with Crippen molar-refractivity contribution in [1.82, 2.24) is 20.3 Å². The molecule has 0 saturated carbocycles. The van der Waals surface area contributed by atoms with Crippen LogP contribution in [-0.2, 0) is 0 Å². The summed E-state index contributed by atoms with van der Waals surface area (Å²) in [5.74, 6) is 0. The second-order valence-corrected chi connectivity index (χ2v) is 6.31. The molecule has 0 unspecified atom stereocenters. The van der Waals surface area contributed by atoms with Crippen LogP contribution in [0.4, 0.5) is 11.4 Å². The van der Waals surface area contributed by atoms with E-state index in [1.165, 1.54) is 18.5 Å². The summed E-state index contributed by atoms with van der Waals surface area (Å²) in [7, 11) is 2.04. The fourth-order valence-corrected chi connectivity index (χ4v) is 3.50.